The molecule has 2 aliphatic heterocycles. The maximum atomic E-state index is 14.0. The molecule has 2 aliphatic carbocycles. The molecular weight excluding hydrogens is 641 g/mol. The lowest BCUT2D eigenvalue weighted by molar-refractivity contribution is -0.384. The van der Waals surface area contributed by atoms with Gasteiger partial charge in [0.05, 0.1) is 27.9 Å². The lowest BCUT2D eigenvalue weighted by atomic mass is 9.56. The Hall–Kier alpha value is -3.28. The number of allylic oxidation sites excluding steroid dienone is 2. The van der Waals surface area contributed by atoms with Gasteiger partial charge in [0.1, 0.15) is 5.75 Å². The Bertz CT molecular complexity index is 1610. The zero-order chi connectivity index (χ0) is 29.6. The Morgan fingerprint density at radius 3 is 2.46 bits per heavy atom. The molecule has 212 valence electrons. The number of carbonyl (C=O) groups excluding carboxylic acids is 4. The number of halogens is 3. The Morgan fingerprint density at radius 2 is 1.78 bits per heavy atom. The maximum absolute atomic E-state index is 14.0. The zero-order valence-corrected chi connectivity index (χ0v) is 24.5. The quantitative estimate of drug-likeness (QED) is 0.127. The van der Waals surface area contributed by atoms with Crippen LogP contribution in [0.4, 0.5) is 11.4 Å². The van der Waals surface area contributed by atoms with Crippen LogP contribution in [0.3, 0.4) is 0 Å². The van der Waals surface area contributed by atoms with Crippen molar-refractivity contribution in [2.45, 2.75) is 35.4 Å². The number of aromatic hydroxyl groups is 1. The SMILES string of the molecule is Cc1cccc(C2C3=CCC4C(=O)N(c5cccc([N+](=O)[O-])c5)C(=O)C4C3CC3(Cl)C(=O)N(CBr)C(=O)C23Cl)c1O. The van der Waals surface area contributed by atoms with Crippen molar-refractivity contribution in [2.24, 2.45) is 17.8 Å². The Balaban J connectivity index is 1.52. The molecule has 6 atom stereocenters. The number of nitrogens with zero attached hydrogens (tertiary/aromatic N) is 3. The fourth-order valence-electron chi connectivity index (χ4n) is 7.01. The monoisotopic (exact) mass is 661 g/mol. The van der Waals surface area contributed by atoms with Gasteiger partial charge in [-0.05, 0) is 37.3 Å². The van der Waals surface area contributed by atoms with Crippen LogP contribution >= 0.6 is 39.1 Å². The summed E-state index contributed by atoms with van der Waals surface area (Å²) in [5.41, 5.74) is 0.966. The van der Waals surface area contributed by atoms with E-state index in [4.69, 9.17) is 23.2 Å². The van der Waals surface area contributed by atoms with Gasteiger partial charge >= 0.3 is 0 Å². The van der Waals surface area contributed by atoms with Crippen LogP contribution in [0.5, 0.6) is 5.75 Å². The summed E-state index contributed by atoms with van der Waals surface area (Å²) in [5.74, 6) is -6.33. The van der Waals surface area contributed by atoms with E-state index in [0.29, 0.717) is 11.1 Å². The molecule has 0 aromatic heterocycles. The average Bonchev–Trinajstić information content (AvgIpc) is 3.28. The second kappa shape index (κ2) is 9.37. The van der Waals surface area contributed by atoms with Gasteiger partial charge in [0.2, 0.25) is 11.8 Å². The van der Waals surface area contributed by atoms with Crippen molar-refractivity contribution in [3.05, 3.63) is 75.4 Å². The summed E-state index contributed by atoms with van der Waals surface area (Å²) in [6, 6.07) is 10.2. The minimum atomic E-state index is -2.02. The molecule has 1 N–H and O–H groups in total. The molecule has 0 bridgehead atoms. The van der Waals surface area contributed by atoms with E-state index < -0.39 is 62.0 Å². The first-order valence-corrected chi connectivity index (χ1v) is 14.7. The predicted octanol–water partition coefficient (Wildman–Crippen LogP) is 4.52. The number of benzene rings is 2. The number of para-hydroxylation sites is 1. The fourth-order valence-corrected chi connectivity index (χ4v) is 8.43. The van der Waals surface area contributed by atoms with Gasteiger partial charge in [0, 0.05) is 23.6 Å². The lowest BCUT2D eigenvalue weighted by Gasteiger charge is -2.50. The molecule has 2 aromatic carbocycles. The van der Waals surface area contributed by atoms with E-state index in [1.54, 1.807) is 31.2 Å². The Morgan fingerprint density at radius 1 is 1.07 bits per heavy atom. The number of phenolic OH excluding ortho intramolecular Hbond substituents is 1. The van der Waals surface area contributed by atoms with Crippen LogP contribution in [-0.2, 0) is 19.2 Å². The number of hydrogen-bond acceptors (Lipinski definition) is 7. The number of alkyl halides is 3. The molecule has 0 spiro atoms. The summed E-state index contributed by atoms with van der Waals surface area (Å²) in [7, 11) is 0. The average molecular weight is 663 g/mol. The molecule has 13 heteroatoms. The third kappa shape index (κ3) is 3.55. The lowest BCUT2D eigenvalue weighted by Crippen LogP contribution is -2.60. The largest absolute Gasteiger partial charge is 0.507 e. The molecular formula is C28H22BrCl2N3O7. The van der Waals surface area contributed by atoms with E-state index in [9.17, 15) is 34.4 Å². The second-order valence-electron chi connectivity index (χ2n) is 10.8. The van der Waals surface area contributed by atoms with Crippen molar-refractivity contribution in [3.63, 3.8) is 0 Å². The third-order valence-corrected chi connectivity index (χ3v) is 10.8. The molecule has 6 unspecified atom stereocenters. The summed E-state index contributed by atoms with van der Waals surface area (Å²) < 4.78 is 0. The highest BCUT2D eigenvalue weighted by atomic mass is 79.9. The normalized spacial score (nSPS) is 32.5. The molecule has 1 saturated carbocycles. The van der Waals surface area contributed by atoms with E-state index in [-0.39, 0.29) is 41.0 Å². The van der Waals surface area contributed by atoms with Crippen LogP contribution in [0.15, 0.2) is 54.1 Å². The summed E-state index contributed by atoms with van der Waals surface area (Å²) in [6.45, 7) is 1.68. The Kier molecular flexibility index (Phi) is 6.37. The highest BCUT2D eigenvalue weighted by molar-refractivity contribution is 9.09. The van der Waals surface area contributed by atoms with E-state index in [0.717, 1.165) is 15.9 Å². The van der Waals surface area contributed by atoms with Crippen molar-refractivity contribution >= 4 is 74.1 Å². The molecule has 41 heavy (non-hydrogen) atoms. The van der Waals surface area contributed by atoms with Gasteiger partial charge in [-0.15, -0.1) is 23.2 Å². The number of likely N-dealkylation sites (tertiary alicyclic amines) is 1. The van der Waals surface area contributed by atoms with Crippen molar-refractivity contribution < 1.29 is 29.2 Å². The molecule has 4 aliphatic rings. The van der Waals surface area contributed by atoms with Crippen LogP contribution < -0.4 is 4.90 Å². The van der Waals surface area contributed by atoms with E-state index in [1.165, 1.54) is 18.2 Å². The Labute approximate surface area is 252 Å². The van der Waals surface area contributed by atoms with Gasteiger partial charge in [-0.3, -0.25) is 34.2 Å². The number of nitro benzene ring substituents is 1. The van der Waals surface area contributed by atoms with Crippen molar-refractivity contribution in [2.75, 3.05) is 10.4 Å². The molecule has 3 fully saturated rings. The van der Waals surface area contributed by atoms with Gasteiger partial charge in [-0.1, -0.05) is 51.8 Å². The number of non-ortho nitro benzene ring substituents is 1. The maximum Gasteiger partial charge on any atom is 0.271 e. The summed E-state index contributed by atoms with van der Waals surface area (Å²) >= 11 is 17.5. The number of nitro groups is 1. The second-order valence-corrected chi connectivity index (χ2v) is 12.5. The molecule has 2 heterocycles. The third-order valence-electron chi connectivity index (χ3n) is 8.89. The highest BCUT2D eigenvalue weighted by Gasteiger charge is 2.76. The first-order valence-electron chi connectivity index (χ1n) is 12.8. The molecule has 6 rings (SSSR count). The number of anilines is 1. The van der Waals surface area contributed by atoms with Gasteiger partial charge in [-0.2, -0.15) is 0 Å². The van der Waals surface area contributed by atoms with Crippen molar-refractivity contribution in [1.82, 2.24) is 4.90 Å². The number of aryl methyl sites for hydroxylation is 1. The van der Waals surface area contributed by atoms with E-state index >= 15 is 0 Å². The van der Waals surface area contributed by atoms with Gasteiger partial charge in [-0.25, -0.2) is 4.90 Å². The van der Waals surface area contributed by atoms with Gasteiger partial charge in [0.25, 0.3) is 17.5 Å². The van der Waals surface area contributed by atoms with Crippen LogP contribution in [0.2, 0.25) is 0 Å². The minimum absolute atomic E-state index is 0.0682. The van der Waals surface area contributed by atoms with E-state index in [1.807, 2.05) is 0 Å². The summed E-state index contributed by atoms with van der Waals surface area (Å²) in [4.78, 5) is 63.7. The molecule has 2 aromatic rings. The highest BCUT2D eigenvalue weighted by Crippen LogP contribution is 2.66. The summed E-state index contributed by atoms with van der Waals surface area (Å²) in [5, 5.41) is 22.5. The molecule has 0 radical (unpaired) electrons. The number of hydrogen-bond donors (Lipinski definition) is 1. The number of carbonyl (C=O) groups is 4. The molecule has 4 amide bonds. The molecule has 2 saturated heterocycles. The fraction of sp³-hybridized carbons (Fsp3) is 0.357. The predicted molar refractivity (Wildman–Crippen MR) is 152 cm³/mol. The van der Waals surface area contributed by atoms with Crippen LogP contribution in [-0.4, -0.2) is 53.8 Å². The first-order chi connectivity index (χ1) is 19.4. The van der Waals surface area contributed by atoms with Gasteiger partial charge < -0.3 is 5.11 Å². The van der Waals surface area contributed by atoms with Crippen molar-refractivity contribution in [3.8, 4) is 5.75 Å². The first kappa shape index (κ1) is 27.9. The number of rotatable bonds is 4. The topological polar surface area (TPSA) is 138 Å². The zero-order valence-electron chi connectivity index (χ0n) is 21.4. The number of phenols is 1. The van der Waals surface area contributed by atoms with Crippen LogP contribution in [0.1, 0.15) is 29.9 Å². The minimum Gasteiger partial charge on any atom is -0.507 e. The smallest absolute Gasteiger partial charge is 0.271 e. The standard InChI is InChI=1S/C28H22BrCl2N3O7/c1-13-4-2-7-18(22(13)35)21-16-8-9-17-20(19(16)11-27(30)25(38)32(12-29)26(39)28(21,27)31)24(37)33(23(17)36)14-5-3-6-15(10-14)34(40)41/h2-8,10,17,19-21,35H,9,11-12H2,1H3. The molecule has 10 nitrogen and oxygen atoms in total. The number of imide groups is 2. The van der Waals surface area contributed by atoms with Crippen LogP contribution in [0.25, 0.3) is 0 Å². The van der Waals surface area contributed by atoms with E-state index in [2.05, 4.69) is 15.9 Å². The summed E-state index contributed by atoms with van der Waals surface area (Å²) in [6.07, 6.45) is 1.68. The number of fused-ring (bicyclic) bond motifs is 4. The van der Waals surface area contributed by atoms with Crippen LogP contribution in [0, 0.1) is 34.8 Å². The number of amides is 4. The van der Waals surface area contributed by atoms with Crippen molar-refractivity contribution in [1.29, 1.82) is 0 Å². The van der Waals surface area contributed by atoms with Gasteiger partial charge in [0.15, 0.2) is 9.75 Å².